The van der Waals surface area contributed by atoms with Gasteiger partial charge in [-0.3, -0.25) is 9.59 Å². The van der Waals surface area contributed by atoms with Gasteiger partial charge in [0.15, 0.2) is 0 Å². The van der Waals surface area contributed by atoms with Gasteiger partial charge in [-0.15, -0.1) is 0 Å². The summed E-state index contributed by atoms with van der Waals surface area (Å²) in [5, 5.41) is 0.602. The van der Waals surface area contributed by atoms with Crippen LogP contribution in [0.1, 0.15) is 19.3 Å². The average molecular weight is 421 g/mol. The molecule has 1 fully saturated rings. The third-order valence-corrected chi connectivity index (χ3v) is 5.03. The molecule has 2 aromatic rings. The Balaban J connectivity index is 1.59. The van der Waals surface area contributed by atoms with E-state index in [1.165, 1.54) is 0 Å². The highest BCUT2D eigenvalue weighted by Crippen LogP contribution is 2.25. The van der Waals surface area contributed by atoms with Gasteiger partial charge in [-0.05, 0) is 30.7 Å². The Hall–Kier alpha value is -2.58. The maximum Gasteiger partial charge on any atom is 0.222 e. The molecule has 29 heavy (non-hydrogen) atoms. The first kappa shape index (κ1) is 21.1. The van der Waals surface area contributed by atoms with E-state index in [1.54, 1.807) is 41.7 Å². The molecule has 1 aromatic carbocycles. The van der Waals surface area contributed by atoms with Gasteiger partial charge >= 0.3 is 0 Å². The minimum Gasteiger partial charge on any atom is -0.490 e. The van der Waals surface area contributed by atoms with Gasteiger partial charge in [0.05, 0.1) is 25.9 Å². The summed E-state index contributed by atoms with van der Waals surface area (Å²) in [6, 6.07) is 6.91. The molecule has 1 aliphatic rings. The number of halogens is 1. The first-order valence-electron chi connectivity index (χ1n) is 9.50. The number of primary amides is 1. The van der Waals surface area contributed by atoms with E-state index in [0.29, 0.717) is 36.8 Å². The molecule has 1 aromatic heterocycles. The number of aryl methyl sites for hydroxylation is 1. The Kier molecular flexibility index (Phi) is 7.11. The maximum atomic E-state index is 12.7. The van der Waals surface area contributed by atoms with Gasteiger partial charge in [-0.2, -0.15) is 0 Å². The molecule has 0 unspecified atom stereocenters. The minimum atomic E-state index is -0.969. The van der Waals surface area contributed by atoms with E-state index in [0.717, 1.165) is 6.54 Å². The van der Waals surface area contributed by atoms with E-state index in [1.807, 2.05) is 10.8 Å². The second-order valence-electron chi connectivity index (χ2n) is 7.14. The van der Waals surface area contributed by atoms with E-state index in [4.69, 9.17) is 26.8 Å². The van der Waals surface area contributed by atoms with Crippen LogP contribution in [0.5, 0.6) is 5.75 Å². The standard InChI is InChI=1S/C20H25ClN4O4/c21-16-3-5-17(6-4-16)28-14-20(12-18(22)26)13-25(10-11-29-20)19(27)2-1-8-24-9-7-23-15-24/h3-7,9,15H,1-2,8,10-14H2,(H2,22,26)/t20-/m0/s1. The molecule has 0 saturated carbocycles. The Morgan fingerprint density at radius 1 is 1.31 bits per heavy atom. The van der Waals surface area contributed by atoms with Crippen molar-refractivity contribution in [2.24, 2.45) is 5.73 Å². The van der Waals surface area contributed by atoms with Gasteiger partial charge in [0.2, 0.25) is 11.8 Å². The van der Waals surface area contributed by atoms with Crippen molar-refractivity contribution in [3.8, 4) is 5.75 Å². The third kappa shape index (κ3) is 6.20. The summed E-state index contributed by atoms with van der Waals surface area (Å²) in [6.45, 7) is 1.89. The van der Waals surface area contributed by atoms with E-state index in [9.17, 15) is 9.59 Å². The molecule has 0 aliphatic carbocycles. The highest BCUT2D eigenvalue weighted by atomic mass is 35.5. The summed E-state index contributed by atoms with van der Waals surface area (Å²) >= 11 is 5.89. The molecule has 2 heterocycles. The number of ether oxygens (including phenoxy) is 2. The lowest BCUT2D eigenvalue weighted by atomic mass is 9.97. The van der Waals surface area contributed by atoms with E-state index < -0.39 is 11.5 Å². The minimum absolute atomic E-state index is 0.0220. The number of rotatable bonds is 9. The van der Waals surface area contributed by atoms with Crippen LogP contribution in [-0.4, -0.2) is 58.2 Å². The molecule has 8 nitrogen and oxygen atoms in total. The van der Waals surface area contributed by atoms with Crippen LogP contribution in [0.3, 0.4) is 0 Å². The first-order chi connectivity index (χ1) is 14.0. The summed E-state index contributed by atoms with van der Waals surface area (Å²) in [5.41, 5.74) is 4.48. The topological polar surface area (TPSA) is 99.7 Å². The van der Waals surface area contributed by atoms with Gasteiger partial charge < -0.3 is 24.7 Å². The lowest BCUT2D eigenvalue weighted by Gasteiger charge is -2.42. The third-order valence-electron chi connectivity index (χ3n) is 4.78. The smallest absolute Gasteiger partial charge is 0.222 e. The zero-order chi connectivity index (χ0) is 20.7. The van der Waals surface area contributed by atoms with Crippen LogP contribution < -0.4 is 10.5 Å². The molecule has 1 saturated heterocycles. The van der Waals surface area contributed by atoms with Crippen molar-refractivity contribution in [1.82, 2.24) is 14.5 Å². The normalized spacial score (nSPS) is 19.1. The zero-order valence-corrected chi connectivity index (χ0v) is 16.9. The number of hydrogen-bond acceptors (Lipinski definition) is 5. The molecule has 156 valence electrons. The van der Waals surface area contributed by atoms with Crippen molar-refractivity contribution >= 4 is 23.4 Å². The van der Waals surface area contributed by atoms with Crippen molar-refractivity contribution in [2.45, 2.75) is 31.4 Å². The Labute approximate surface area is 174 Å². The summed E-state index contributed by atoms with van der Waals surface area (Å²) in [7, 11) is 0. The number of aromatic nitrogens is 2. The van der Waals surface area contributed by atoms with Crippen molar-refractivity contribution in [3.63, 3.8) is 0 Å². The monoisotopic (exact) mass is 420 g/mol. The Morgan fingerprint density at radius 2 is 2.10 bits per heavy atom. The number of nitrogens with two attached hydrogens (primary N) is 1. The largest absolute Gasteiger partial charge is 0.490 e. The summed E-state index contributed by atoms with van der Waals surface area (Å²) in [4.78, 5) is 30.1. The fraction of sp³-hybridized carbons (Fsp3) is 0.450. The van der Waals surface area contributed by atoms with Crippen LogP contribution in [0.25, 0.3) is 0 Å². The molecule has 0 radical (unpaired) electrons. The van der Waals surface area contributed by atoms with Gasteiger partial charge in [0.1, 0.15) is 18.0 Å². The van der Waals surface area contributed by atoms with Gasteiger partial charge in [-0.25, -0.2) is 4.98 Å². The van der Waals surface area contributed by atoms with Crippen LogP contribution in [0, 0.1) is 0 Å². The molecule has 3 rings (SSSR count). The van der Waals surface area contributed by atoms with Crippen molar-refractivity contribution in [1.29, 1.82) is 0 Å². The molecule has 0 bridgehead atoms. The highest BCUT2D eigenvalue weighted by molar-refractivity contribution is 6.30. The van der Waals surface area contributed by atoms with Crippen LogP contribution in [0.4, 0.5) is 0 Å². The number of carbonyl (C=O) groups is 2. The van der Waals surface area contributed by atoms with E-state index in [-0.39, 0.29) is 25.5 Å². The predicted octanol–water partition coefficient (Wildman–Crippen LogP) is 1.87. The summed E-state index contributed by atoms with van der Waals surface area (Å²) < 4.78 is 13.7. The second kappa shape index (κ2) is 9.76. The fourth-order valence-corrected chi connectivity index (χ4v) is 3.48. The first-order valence-corrected chi connectivity index (χ1v) is 9.88. The van der Waals surface area contributed by atoms with Gasteiger partial charge in [0.25, 0.3) is 0 Å². The van der Waals surface area contributed by atoms with Crippen LogP contribution in [0.15, 0.2) is 43.0 Å². The molecule has 9 heteroatoms. The van der Waals surface area contributed by atoms with Crippen LogP contribution in [0.2, 0.25) is 5.02 Å². The van der Waals surface area contributed by atoms with Crippen molar-refractivity contribution < 1.29 is 19.1 Å². The number of hydrogen-bond donors (Lipinski definition) is 1. The summed E-state index contributed by atoms with van der Waals surface area (Å²) in [5.74, 6) is 0.124. The lowest BCUT2D eigenvalue weighted by Crippen LogP contribution is -2.58. The number of morpholine rings is 1. The fourth-order valence-electron chi connectivity index (χ4n) is 3.36. The number of carbonyl (C=O) groups excluding carboxylic acids is 2. The number of benzene rings is 1. The van der Waals surface area contributed by atoms with Gasteiger partial charge in [-0.1, -0.05) is 11.6 Å². The molecular formula is C20H25ClN4O4. The van der Waals surface area contributed by atoms with Gasteiger partial charge in [0, 0.05) is 36.9 Å². The molecule has 0 spiro atoms. The summed E-state index contributed by atoms with van der Waals surface area (Å²) in [6.07, 6.45) is 6.39. The zero-order valence-electron chi connectivity index (χ0n) is 16.1. The molecule has 1 aliphatic heterocycles. The lowest BCUT2D eigenvalue weighted by molar-refractivity contribution is -0.161. The number of imidazole rings is 1. The Morgan fingerprint density at radius 3 is 2.79 bits per heavy atom. The predicted molar refractivity (Wildman–Crippen MR) is 107 cm³/mol. The quantitative estimate of drug-likeness (QED) is 0.667. The van der Waals surface area contributed by atoms with Crippen LogP contribution in [-0.2, 0) is 20.9 Å². The number of amides is 2. The van der Waals surface area contributed by atoms with E-state index >= 15 is 0 Å². The van der Waals surface area contributed by atoms with E-state index in [2.05, 4.69) is 4.98 Å². The number of nitrogens with zero attached hydrogens (tertiary/aromatic N) is 3. The maximum absolute atomic E-state index is 12.7. The SMILES string of the molecule is NC(=O)C[C@@]1(COc2ccc(Cl)cc2)CN(C(=O)CCCn2ccnc2)CCO1. The average Bonchev–Trinajstić information content (AvgIpc) is 3.21. The molecular weight excluding hydrogens is 396 g/mol. The van der Waals surface area contributed by atoms with Crippen LogP contribution >= 0.6 is 11.6 Å². The highest BCUT2D eigenvalue weighted by Gasteiger charge is 2.40. The van der Waals surface area contributed by atoms with Crippen molar-refractivity contribution in [2.75, 3.05) is 26.3 Å². The molecule has 2 N–H and O–H groups in total. The van der Waals surface area contributed by atoms with Crippen molar-refractivity contribution in [3.05, 3.63) is 48.0 Å². The second-order valence-corrected chi connectivity index (χ2v) is 7.57. The molecule has 2 amide bonds. The molecule has 1 atom stereocenters. The Bertz CT molecular complexity index is 812.